The second-order valence-corrected chi connectivity index (χ2v) is 10.5. The molecule has 0 aliphatic carbocycles. The highest BCUT2D eigenvalue weighted by atomic mass is 32.2. The molecule has 0 rings (SSSR count). The summed E-state index contributed by atoms with van der Waals surface area (Å²) < 4.78 is 32.5. The molecule has 0 aromatic carbocycles. The number of hydrogen-bond acceptors (Lipinski definition) is 3. The largest absolute Gasteiger partial charge is 0.396 e. The number of unbranched alkanes of at least 4 members (excludes halogenated alkanes) is 17. The van der Waals surface area contributed by atoms with E-state index in [0.717, 1.165) is 38.5 Å². The summed E-state index contributed by atoms with van der Waals surface area (Å²) in [6.45, 7) is 2.46. The normalized spacial score (nSPS) is 13.1. The summed E-state index contributed by atoms with van der Waals surface area (Å²) >= 11 is 0. The van der Waals surface area contributed by atoms with Crippen LogP contribution < -0.4 is 0 Å². The molecule has 0 spiro atoms. The third-order valence-corrected chi connectivity index (χ3v) is 7.30. The van der Waals surface area contributed by atoms with Crippen LogP contribution in [0, 0.1) is 0 Å². The molecule has 0 aromatic heterocycles. The Bertz CT molecular complexity index is 423. The first kappa shape index (κ1) is 28.9. The first-order valence-corrected chi connectivity index (χ1v) is 14.1. The lowest BCUT2D eigenvalue weighted by atomic mass is 10.0. The molecule has 176 valence electrons. The minimum absolute atomic E-state index is 0.195. The zero-order valence-corrected chi connectivity index (χ0v) is 20.1. The van der Waals surface area contributed by atoms with E-state index in [1.54, 1.807) is 0 Å². The van der Waals surface area contributed by atoms with Crippen molar-refractivity contribution in [2.75, 3.05) is 6.61 Å². The van der Waals surface area contributed by atoms with E-state index in [-0.39, 0.29) is 6.61 Å². The van der Waals surface area contributed by atoms with Crippen molar-refractivity contribution in [3.8, 4) is 0 Å². The van der Waals surface area contributed by atoms with Gasteiger partial charge in [-0.2, -0.15) is 8.42 Å². The van der Waals surface area contributed by atoms with Gasteiger partial charge in [0.15, 0.2) is 0 Å². The van der Waals surface area contributed by atoms with Crippen LogP contribution in [-0.4, -0.2) is 29.9 Å². The van der Waals surface area contributed by atoms with E-state index >= 15 is 0 Å². The molecule has 0 fully saturated rings. The summed E-state index contributed by atoms with van der Waals surface area (Å²) in [4.78, 5) is 0. The molecular weight excluding hydrogens is 384 g/mol. The number of aliphatic hydroxyl groups excluding tert-OH is 1. The summed E-state index contributed by atoms with van der Waals surface area (Å²) in [6.07, 6.45) is 24.0. The van der Waals surface area contributed by atoms with Crippen LogP contribution in [0.3, 0.4) is 0 Å². The van der Waals surface area contributed by atoms with Gasteiger partial charge in [0.2, 0.25) is 0 Å². The van der Waals surface area contributed by atoms with E-state index in [1.807, 2.05) is 0 Å². The molecule has 5 heteroatoms. The lowest BCUT2D eigenvalue weighted by Gasteiger charge is -2.13. The first-order chi connectivity index (χ1) is 14.0. The standard InChI is InChI=1S/C24H50O4S/c1-2-3-4-5-6-7-8-9-10-11-12-13-14-15-18-21-24(29(26,27)28)22-19-16-17-20-23-25/h24-25H,2-23H2,1H3,(H,26,27,28). The molecule has 0 saturated carbocycles. The lowest BCUT2D eigenvalue weighted by molar-refractivity contribution is 0.282. The summed E-state index contributed by atoms with van der Waals surface area (Å²) in [5, 5.41) is 8.17. The molecule has 0 amide bonds. The molecular formula is C24H50O4S. The highest BCUT2D eigenvalue weighted by molar-refractivity contribution is 7.86. The number of aliphatic hydroxyl groups is 1. The zero-order valence-electron chi connectivity index (χ0n) is 19.3. The van der Waals surface area contributed by atoms with Crippen LogP contribution in [0.5, 0.6) is 0 Å². The first-order valence-electron chi connectivity index (χ1n) is 12.6. The van der Waals surface area contributed by atoms with E-state index in [9.17, 15) is 13.0 Å². The maximum absolute atomic E-state index is 11.5. The Morgan fingerprint density at radius 1 is 0.552 bits per heavy atom. The van der Waals surface area contributed by atoms with Gasteiger partial charge in [-0.15, -0.1) is 0 Å². The summed E-state index contributed by atoms with van der Waals surface area (Å²) in [5.74, 6) is 0. The van der Waals surface area contributed by atoms with Crippen LogP contribution in [0.15, 0.2) is 0 Å². The monoisotopic (exact) mass is 434 g/mol. The fraction of sp³-hybridized carbons (Fsp3) is 1.00. The Balaban J connectivity index is 3.49. The van der Waals surface area contributed by atoms with Gasteiger partial charge in [0.1, 0.15) is 0 Å². The van der Waals surface area contributed by atoms with Gasteiger partial charge in [0, 0.05) is 6.61 Å². The second-order valence-electron chi connectivity index (χ2n) is 8.80. The highest BCUT2D eigenvalue weighted by Crippen LogP contribution is 2.19. The molecule has 0 radical (unpaired) electrons. The third-order valence-electron chi connectivity index (χ3n) is 5.99. The molecule has 0 aliphatic heterocycles. The minimum Gasteiger partial charge on any atom is -0.396 e. The van der Waals surface area contributed by atoms with Crippen LogP contribution in [0.25, 0.3) is 0 Å². The van der Waals surface area contributed by atoms with E-state index in [4.69, 9.17) is 5.11 Å². The Hall–Kier alpha value is -0.130. The second kappa shape index (κ2) is 21.1. The van der Waals surface area contributed by atoms with Gasteiger partial charge in [-0.25, -0.2) is 0 Å². The van der Waals surface area contributed by atoms with Crippen LogP contribution in [0.2, 0.25) is 0 Å². The quantitative estimate of drug-likeness (QED) is 0.129. The Morgan fingerprint density at radius 3 is 1.17 bits per heavy atom. The van der Waals surface area contributed by atoms with E-state index in [1.165, 1.54) is 83.5 Å². The highest BCUT2D eigenvalue weighted by Gasteiger charge is 2.21. The number of rotatable bonds is 23. The minimum atomic E-state index is -3.93. The van der Waals surface area contributed by atoms with Crippen molar-refractivity contribution in [1.82, 2.24) is 0 Å². The predicted molar refractivity (Wildman–Crippen MR) is 125 cm³/mol. The van der Waals surface area contributed by atoms with Gasteiger partial charge in [-0.3, -0.25) is 4.55 Å². The summed E-state index contributed by atoms with van der Waals surface area (Å²) in [5.41, 5.74) is 0. The average Bonchev–Trinajstić information content (AvgIpc) is 2.68. The fourth-order valence-corrected chi connectivity index (χ4v) is 4.95. The van der Waals surface area contributed by atoms with Gasteiger partial charge >= 0.3 is 0 Å². The van der Waals surface area contributed by atoms with E-state index < -0.39 is 15.4 Å². The van der Waals surface area contributed by atoms with Crippen LogP contribution in [0.1, 0.15) is 142 Å². The maximum Gasteiger partial charge on any atom is 0.267 e. The van der Waals surface area contributed by atoms with Gasteiger partial charge < -0.3 is 5.11 Å². The Kier molecular flexibility index (Phi) is 21.0. The van der Waals surface area contributed by atoms with Crippen molar-refractivity contribution >= 4 is 10.1 Å². The third kappa shape index (κ3) is 20.9. The Labute approximate surface area is 182 Å². The van der Waals surface area contributed by atoms with Gasteiger partial charge in [0.05, 0.1) is 5.25 Å². The molecule has 1 unspecified atom stereocenters. The Morgan fingerprint density at radius 2 is 0.862 bits per heavy atom. The summed E-state index contributed by atoms with van der Waals surface area (Å²) in [6, 6.07) is 0. The molecule has 0 aliphatic rings. The van der Waals surface area contributed by atoms with E-state index in [2.05, 4.69) is 6.92 Å². The average molecular weight is 435 g/mol. The summed E-state index contributed by atoms with van der Waals surface area (Å²) in [7, 11) is -3.93. The van der Waals surface area contributed by atoms with E-state index in [0.29, 0.717) is 12.8 Å². The lowest BCUT2D eigenvalue weighted by Crippen LogP contribution is -2.20. The topological polar surface area (TPSA) is 74.6 Å². The zero-order chi connectivity index (χ0) is 21.6. The van der Waals surface area contributed by atoms with Crippen molar-refractivity contribution in [3.63, 3.8) is 0 Å². The van der Waals surface area contributed by atoms with Gasteiger partial charge in [0.25, 0.3) is 10.1 Å². The van der Waals surface area contributed by atoms with Crippen molar-refractivity contribution in [1.29, 1.82) is 0 Å². The van der Waals surface area contributed by atoms with Crippen LogP contribution in [0.4, 0.5) is 0 Å². The van der Waals surface area contributed by atoms with Crippen LogP contribution in [-0.2, 0) is 10.1 Å². The van der Waals surface area contributed by atoms with Crippen LogP contribution >= 0.6 is 0 Å². The molecule has 0 aromatic rings. The molecule has 0 saturated heterocycles. The molecule has 1 atom stereocenters. The number of hydrogen-bond donors (Lipinski definition) is 2. The van der Waals surface area contributed by atoms with Gasteiger partial charge in [-0.1, -0.05) is 122 Å². The molecule has 4 nitrogen and oxygen atoms in total. The molecule has 0 bridgehead atoms. The molecule has 0 heterocycles. The maximum atomic E-state index is 11.5. The van der Waals surface area contributed by atoms with Crippen molar-refractivity contribution in [2.24, 2.45) is 0 Å². The van der Waals surface area contributed by atoms with Crippen molar-refractivity contribution in [3.05, 3.63) is 0 Å². The van der Waals surface area contributed by atoms with Gasteiger partial charge in [-0.05, 0) is 19.3 Å². The molecule has 2 N–H and O–H groups in total. The SMILES string of the molecule is CCCCCCCCCCCCCCCCCC(CCCCCCO)S(=O)(=O)O. The van der Waals surface area contributed by atoms with Crippen molar-refractivity contribution in [2.45, 2.75) is 147 Å². The fourth-order valence-electron chi connectivity index (χ4n) is 4.02. The molecule has 29 heavy (non-hydrogen) atoms. The smallest absolute Gasteiger partial charge is 0.267 e. The predicted octanol–water partition coefficient (Wildman–Crippen LogP) is 7.45. The van der Waals surface area contributed by atoms with Crippen molar-refractivity contribution < 1.29 is 18.1 Å².